The van der Waals surface area contributed by atoms with Crippen LogP contribution in [0.15, 0.2) is 0 Å². The van der Waals surface area contributed by atoms with E-state index in [1.54, 1.807) is 13.8 Å². The molecular weight excluding hydrogens is 270 g/mol. The van der Waals surface area contributed by atoms with E-state index in [0.29, 0.717) is 6.42 Å². The van der Waals surface area contributed by atoms with Gasteiger partial charge >= 0.3 is 0 Å². The maximum absolute atomic E-state index is 12.2. The van der Waals surface area contributed by atoms with Crippen molar-refractivity contribution in [1.29, 1.82) is 0 Å². The second-order valence-corrected chi connectivity index (χ2v) is 5.87. The standard InChI is InChI=1S/C15H29N3O3/c1-7-12(19)11(6)17-15(21)14(9(2)3)18-13(20)8-16-10(4)5/h9-11,14,16H,7-8H2,1-6H3,(H,17,21)(H,18,20)/t11-,14-/m0/s1. The molecule has 0 aromatic heterocycles. The van der Waals surface area contributed by atoms with E-state index in [-0.39, 0.29) is 36.1 Å². The third-order valence-electron chi connectivity index (χ3n) is 3.13. The van der Waals surface area contributed by atoms with Gasteiger partial charge in [0.25, 0.3) is 0 Å². The Morgan fingerprint density at radius 3 is 1.95 bits per heavy atom. The summed E-state index contributed by atoms with van der Waals surface area (Å²) in [7, 11) is 0. The van der Waals surface area contributed by atoms with Crippen LogP contribution in [0.3, 0.4) is 0 Å². The predicted octanol–water partition coefficient (Wildman–Crippen LogP) is 0.609. The molecule has 0 unspecified atom stereocenters. The lowest BCUT2D eigenvalue weighted by Gasteiger charge is -2.24. The molecule has 0 spiro atoms. The number of hydrogen-bond donors (Lipinski definition) is 3. The molecule has 0 rings (SSSR count). The monoisotopic (exact) mass is 299 g/mol. The van der Waals surface area contributed by atoms with Gasteiger partial charge in [0, 0.05) is 12.5 Å². The highest BCUT2D eigenvalue weighted by molar-refractivity contribution is 5.92. The minimum Gasteiger partial charge on any atom is -0.345 e. The molecule has 2 amide bonds. The molecule has 0 aliphatic heterocycles. The lowest BCUT2D eigenvalue weighted by molar-refractivity contribution is -0.132. The van der Waals surface area contributed by atoms with Crippen molar-refractivity contribution in [2.45, 2.75) is 66.1 Å². The number of amides is 2. The first-order valence-corrected chi connectivity index (χ1v) is 7.54. The lowest BCUT2D eigenvalue weighted by Crippen LogP contribution is -2.54. The fraction of sp³-hybridized carbons (Fsp3) is 0.800. The SMILES string of the molecule is CCC(=O)[C@H](C)NC(=O)[C@@H](NC(=O)CNC(C)C)C(C)C. The number of carbonyl (C=O) groups is 3. The van der Waals surface area contributed by atoms with Crippen molar-refractivity contribution in [3.05, 3.63) is 0 Å². The molecule has 0 bridgehead atoms. The van der Waals surface area contributed by atoms with E-state index in [4.69, 9.17) is 0 Å². The highest BCUT2D eigenvalue weighted by atomic mass is 16.2. The molecule has 0 fully saturated rings. The zero-order valence-corrected chi connectivity index (χ0v) is 13.9. The van der Waals surface area contributed by atoms with Crippen LogP contribution in [0.5, 0.6) is 0 Å². The van der Waals surface area contributed by atoms with Crippen LogP contribution in [-0.2, 0) is 14.4 Å². The number of ketones is 1. The van der Waals surface area contributed by atoms with Crippen LogP contribution in [0.1, 0.15) is 48.0 Å². The highest BCUT2D eigenvalue weighted by Gasteiger charge is 2.26. The molecule has 6 heteroatoms. The zero-order valence-electron chi connectivity index (χ0n) is 13.9. The van der Waals surface area contributed by atoms with Crippen LogP contribution < -0.4 is 16.0 Å². The van der Waals surface area contributed by atoms with Gasteiger partial charge in [-0.3, -0.25) is 14.4 Å². The van der Waals surface area contributed by atoms with E-state index >= 15 is 0 Å². The summed E-state index contributed by atoms with van der Waals surface area (Å²) in [5.74, 6) is -0.639. The molecule has 0 heterocycles. The molecule has 122 valence electrons. The number of Topliss-reactive ketones (excluding diaryl/α,β-unsaturated/α-hetero) is 1. The van der Waals surface area contributed by atoms with E-state index in [9.17, 15) is 14.4 Å². The maximum Gasteiger partial charge on any atom is 0.243 e. The Kier molecular flexibility index (Phi) is 8.85. The van der Waals surface area contributed by atoms with Gasteiger partial charge in [-0.15, -0.1) is 0 Å². The third kappa shape index (κ3) is 7.80. The summed E-state index contributed by atoms with van der Waals surface area (Å²) in [6, 6.07) is -0.975. The molecule has 0 radical (unpaired) electrons. The highest BCUT2D eigenvalue weighted by Crippen LogP contribution is 2.03. The molecular formula is C15H29N3O3. The van der Waals surface area contributed by atoms with E-state index < -0.39 is 12.1 Å². The Morgan fingerprint density at radius 2 is 1.52 bits per heavy atom. The molecule has 6 nitrogen and oxygen atoms in total. The summed E-state index contributed by atoms with van der Waals surface area (Å²) < 4.78 is 0. The van der Waals surface area contributed by atoms with E-state index in [1.807, 2.05) is 27.7 Å². The number of hydrogen-bond acceptors (Lipinski definition) is 4. The fourth-order valence-electron chi connectivity index (χ4n) is 1.75. The van der Waals surface area contributed by atoms with Crippen LogP contribution in [0.25, 0.3) is 0 Å². The summed E-state index contributed by atoms with van der Waals surface area (Å²) in [5, 5.41) is 8.37. The van der Waals surface area contributed by atoms with Gasteiger partial charge < -0.3 is 16.0 Å². The molecule has 0 saturated heterocycles. The summed E-state index contributed by atoms with van der Waals surface area (Å²) in [4.78, 5) is 35.5. The molecule has 0 aromatic rings. The average molecular weight is 299 g/mol. The third-order valence-corrected chi connectivity index (χ3v) is 3.13. The Morgan fingerprint density at radius 1 is 0.952 bits per heavy atom. The first kappa shape index (κ1) is 19.6. The lowest BCUT2D eigenvalue weighted by atomic mass is 10.0. The van der Waals surface area contributed by atoms with Crippen LogP contribution in [0.2, 0.25) is 0 Å². The molecule has 21 heavy (non-hydrogen) atoms. The van der Waals surface area contributed by atoms with Gasteiger partial charge in [-0.1, -0.05) is 34.6 Å². The summed E-state index contributed by atoms with van der Waals surface area (Å²) in [6.45, 7) is 11.2. The van der Waals surface area contributed by atoms with Gasteiger partial charge in [0.2, 0.25) is 11.8 Å². The normalized spacial score (nSPS) is 13.9. The quantitative estimate of drug-likeness (QED) is 0.582. The summed E-state index contributed by atoms with van der Waals surface area (Å²) >= 11 is 0. The van der Waals surface area contributed by atoms with Gasteiger partial charge in [-0.25, -0.2) is 0 Å². The summed E-state index contributed by atoms with van der Waals surface area (Å²) in [5.41, 5.74) is 0. The van der Waals surface area contributed by atoms with Gasteiger partial charge in [-0.2, -0.15) is 0 Å². The first-order valence-electron chi connectivity index (χ1n) is 7.54. The van der Waals surface area contributed by atoms with Crippen molar-refractivity contribution in [2.24, 2.45) is 5.92 Å². The van der Waals surface area contributed by atoms with Crippen LogP contribution in [0, 0.1) is 5.92 Å². The minimum atomic E-state index is -0.640. The van der Waals surface area contributed by atoms with E-state index in [0.717, 1.165) is 0 Å². The zero-order chi connectivity index (χ0) is 16.6. The predicted molar refractivity (Wildman–Crippen MR) is 82.8 cm³/mol. The van der Waals surface area contributed by atoms with Crippen molar-refractivity contribution in [2.75, 3.05) is 6.54 Å². The topological polar surface area (TPSA) is 87.3 Å². The van der Waals surface area contributed by atoms with Crippen LogP contribution in [-0.4, -0.2) is 42.3 Å². The smallest absolute Gasteiger partial charge is 0.243 e. The Hall–Kier alpha value is -1.43. The fourth-order valence-corrected chi connectivity index (χ4v) is 1.75. The molecule has 2 atom stereocenters. The van der Waals surface area contributed by atoms with Crippen molar-refractivity contribution in [3.63, 3.8) is 0 Å². The molecule has 0 aliphatic carbocycles. The largest absolute Gasteiger partial charge is 0.345 e. The van der Waals surface area contributed by atoms with Crippen molar-refractivity contribution in [3.8, 4) is 0 Å². The number of rotatable bonds is 9. The van der Waals surface area contributed by atoms with Crippen molar-refractivity contribution >= 4 is 17.6 Å². The van der Waals surface area contributed by atoms with E-state index in [2.05, 4.69) is 16.0 Å². The van der Waals surface area contributed by atoms with Gasteiger partial charge in [-0.05, 0) is 12.8 Å². The van der Waals surface area contributed by atoms with Crippen molar-refractivity contribution < 1.29 is 14.4 Å². The second-order valence-electron chi connectivity index (χ2n) is 5.87. The first-order chi connectivity index (χ1) is 9.68. The van der Waals surface area contributed by atoms with Crippen molar-refractivity contribution in [1.82, 2.24) is 16.0 Å². The van der Waals surface area contributed by atoms with Crippen LogP contribution in [0.4, 0.5) is 0 Å². The molecule has 0 aromatic carbocycles. The van der Waals surface area contributed by atoms with Gasteiger partial charge in [0.15, 0.2) is 5.78 Å². The Balaban J connectivity index is 4.57. The number of nitrogens with one attached hydrogen (secondary N) is 3. The van der Waals surface area contributed by atoms with E-state index in [1.165, 1.54) is 0 Å². The Labute approximate surface area is 127 Å². The molecule has 0 aliphatic rings. The van der Waals surface area contributed by atoms with Gasteiger partial charge in [0.05, 0.1) is 12.6 Å². The Bertz CT molecular complexity index is 367. The molecule has 3 N–H and O–H groups in total. The second kappa shape index (κ2) is 9.50. The van der Waals surface area contributed by atoms with Crippen LogP contribution >= 0.6 is 0 Å². The maximum atomic E-state index is 12.2. The number of carbonyl (C=O) groups excluding carboxylic acids is 3. The minimum absolute atomic E-state index is 0.0290. The van der Waals surface area contributed by atoms with Gasteiger partial charge in [0.1, 0.15) is 6.04 Å². The summed E-state index contributed by atoms with van der Waals surface area (Å²) in [6.07, 6.45) is 0.373. The average Bonchev–Trinajstić information content (AvgIpc) is 2.40. The molecule has 0 saturated carbocycles.